The number of ether oxygens (including phenoxy) is 2. The van der Waals surface area contributed by atoms with Gasteiger partial charge >= 0.3 is 11.9 Å². The first-order valence-corrected chi connectivity index (χ1v) is 7.59. The highest BCUT2D eigenvalue weighted by Crippen LogP contribution is 2.42. The number of hydrogen-bond donors (Lipinski definition) is 1. The van der Waals surface area contributed by atoms with E-state index in [0.29, 0.717) is 23.3 Å². The lowest BCUT2D eigenvalue weighted by atomic mass is 9.79. The third kappa shape index (κ3) is 2.46. The first kappa shape index (κ1) is 16.2. The fourth-order valence-corrected chi connectivity index (χ4v) is 3.16. The maximum Gasteiger partial charge on any atom is 0.337 e. The molecule has 7 heteroatoms. The normalized spacial score (nSPS) is 19.8. The fourth-order valence-electron chi connectivity index (χ4n) is 3.16. The van der Waals surface area contributed by atoms with E-state index in [1.807, 2.05) is 13.0 Å². The number of allylic oxidation sites excluding steroid dienone is 1. The molecule has 24 heavy (non-hydrogen) atoms. The summed E-state index contributed by atoms with van der Waals surface area (Å²) < 4.78 is 23.5. The molecular weight excluding hydrogens is 315 g/mol. The number of dihydropyridines is 1. The number of carbonyl (C=O) groups excluding carboxylic acids is 2. The van der Waals surface area contributed by atoms with Crippen molar-refractivity contribution in [1.29, 1.82) is 0 Å². The van der Waals surface area contributed by atoms with Crippen LogP contribution in [0.15, 0.2) is 41.0 Å². The molecule has 6 nitrogen and oxygen atoms in total. The van der Waals surface area contributed by atoms with E-state index >= 15 is 0 Å². The summed E-state index contributed by atoms with van der Waals surface area (Å²) in [6.07, 6.45) is 3.92. The molecule has 0 bridgehead atoms. The van der Waals surface area contributed by atoms with Gasteiger partial charge in [-0.25, -0.2) is 14.0 Å². The van der Waals surface area contributed by atoms with Crippen LogP contribution in [0.3, 0.4) is 0 Å². The molecule has 0 aliphatic carbocycles. The van der Waals surface area contributed by atoms with Gasteiger partial charge in [-0.2, -0.15) is 0 Å². The molecule has 0 saturated carbocycles. The number of esters is 2. The van der Waals surface area contributed by atoms with Crippen LogP contribution in [0.25, 0.3) is 0 Å². The molecule has 0 fully saturated rings. The van der Waals surface area contributed by atoms with Crippen LogP contribution >= 0.6 is 0 Å². The van der Waals surface area contributed by atoms with Gasteiger partial charge in [0.15, 0.2) is 0 Å². The maximum atomic E-state index is 13.6. The summed E-state index contributed by atoms with van der Waals surface area (Å²) in [5, 5.41) is 2.82. The number of methoxy groups -OCH3 is 1. The Hall–Kier alpha value is -2.70. The maximum absolute atomic E-state index is 13.6. The van der Waals surface area contributed by atoms with Gasteiger partial charge in [0, 0.05) is 12.4 Å². The molecule has 0 unspecified atom stereocenters. The zero-order chi connectivity index (χ0) is 17.3. The minimum absolute atomic E-state index is 0.0321. The van der Waals surface area contributed by atoms with Crippen molar-refractivity contribution in [3.8, 4) is 0 Å². The highest BCUT2D eigenvalue weighted by atomic mass is 19.1. The fraction of sp³-hybridized carbons (Fsp3) is 0.353. The monoisotopic (exact) mass is 332 g/mol. The van der Waals surface area contributed by atoms with Gasteiger partial charge < -0.3 is 14.8 Å². The lowest BCUT2D eigenvalue weighted by molar-refractivity contribution is -0.136. The number of aromatic nitrogens is 1. The number of carbonyl (C=O) groups is 2. The molecule has 2 aliphatic rings. The lowest BCUT2D eigenvalue weighted by Crippen LogP contribution is -2.32. The smallest absolute Gasteiger partial charge is 0.337 e. The summed E-state index contributed by atoms with van der Waals surface area (Å²) in [6, 6.07) is 1.82. The average Bonchev–Trinajstić information content (AvgIpc) is 3.00. The van der Waals surface area contributed by atoms with Gasteiger partial charge in [-0.05, 0) is 23.6 Å². The van der Waals surface area contributed by atoms with Gasteiger partial charge in [0.25, 0.3) is 0 Å². The molecule has 0 amide bonds. The molecule has 0 radical (unpaired) electrons. The number of nitrogens with one attached hydrogen (secondary N) is 1. The number of rotatable bonds is 4. The van der Waals surface area contributed by atoms with Crippen molar-refractivity contribution in [2.75, 3.05) is 20.4 Å². The van der Waals surface area contributed by atoms with Crippen molar-refractivity contribution < 1.29 is 23.5 Å². The zero-order valence-corrected chi connectivity index (χ0v) is 13.4. The minimum Gasteiger partial charge on any atom is -0.466 e. The first-order chi connectivity index (χ1) is 11.6. The van der Waals surface area contributed by atoms with Gasteiger partial charge in [-0.1, -0.05) is 6.92 Å². The van der Waals surface area contributed by atoms with Crippen LogP contribution in [-0.4, -0.2) is 37.3 Å². The molecule has 0 saturated heterocycles. The molecule has 1 aromatic rings. The number of halogens is 1. The number of cyclic esters (lactones) is 1. The third-order valence-electron chi connectivity index (χ3n) is 4.27. The second-order valence-corrected chi connectivity index (χ2v) is 5.47. The van der Waals surface area contributed by atoms with Crippen LogP contribution in [0.1, 0.15) is 24.0 Å². The number of hydrogen-bond acceptors (Lipinski definition) is 6. The first-order valence-electron chi connectivity index (χ1n) is 7.59. The molecule has 3 rings (SSSR count). The van der Waals surface area contributed by atoms with E-state index in [1.54, 1.807) is 12.4 Å². The minimum atomic E-state index is -0.881. The van der Waals surface area contributed by atoms with Gasteiger partial charge in [0.1, 0.15) is 13.3 Å². The number of pyridine rings is 1. The Morgan fingerprint density at radius 1 is 1.54 bits per heavy atom. The Morgan fingerprint density at radius 3 is 3.00 bits per heavy atom. The van der Waals surface area contributed by atoms with Crippen molar-refractivity contribution in [2.24, 2.45) is 0 Å². The Kier molecular flexibility index (Phi) is 4.33. The number of nitrogens with zero attached hydrogens (tertiary/aromatic N) is 1. The molecule has 1 atom stereocenters. The Bertz CT molecular complexity index is 770. The predicted molar refractivity (Wildman–Crippen MR) is 82.5 cm³/mol. The van der Waals surface area contributed by atoms with E-state index < -0.39 is 24.5 Å². The molecule has 1 N–H and O–H groups in total. The summed E-state index contributed by atoms with van der Waals surface area (Å²) in [6.45, 7) is 1.11. The quantitative estimate of drug-likeness (QED) is 0.843. The summed E-state index contributed by atoms with van der Waals surface area (Å²) in [7, 11) is 1.23. The average molecular weight is 332 g/mol. The molecule has 0 spiro atoms. The highest BCUT2D eigenvalue weighted by molar-refractivity contribution is 6.01. The second-order valence-electron chi connectivity index (χ2n) is 5.47. The summed E-state index contributed by atoms with van der Waals surface area (Å²) in [4.78, 5) is 28.7. The Morgan fingerprint density at radius 2 is 2.33 bits per heavy atom. The summed E-state index contributed by atoms with van der Waals surface area (Å²) >= 11 is 0. The van der Waals surface area contributed by atoms with E-state index in [4.69, 9.17) is 9.47 Å². The standard InChI is InChI=1S/C17H17FN2O4/c1-3-9-4-5-19-7-10(9)13-14(16(21)23-2)11(6-18)20-12-8-24-17(22)15(12)13/h4-5,7,13,20H,3,6,8H2,1-2H3/t13-/m1/s1. The van der Waals surface area contributed by atoms with E-state index in [9.17, 15) is 14.0 Å². The summed E-state index contributed by atoms with van der Waals surface area (Å²) in [5.41, 5.74) is 2.57. The predicted octanol–water partition coefficient (Wildman–Crippen LogP) is 1.54. The van der Waals surface area contributed by atoms with Gasteiger partial charge in [-0.3, -0.25) is 4.98 Å². The lowest BCUT2D eigenvalue weighted by Gasteiger charge is -2.28. The third-order valence-corrected chi connectivity index (χ3v) is 4.27. The zero-order valence-electron chi connectivity index (χ0n) is 13.4. The van der Waals surface area contributed by atoms with Crippen LogP contribution < -0.4 is 5.32 Å². The van der Waals surface area contributed by atoms with Gasteiger partial charge in [-0.15, -0.1) is 0 Å². The summed E-state index contributed by atoms with van der Waals surface area (Å²) in [5.74, 6) is -1.96. The van der Waals surface area contributed by atoms with Crippen molar-refractivity contribution in [2.45, 2.75) is 19.3 Å². The molecule has 126 valence electrons. The van der Waals surface area contributed by atoms with Crippen LogP contribution in [0.5, 0.6) is 0 Å². The number of aryl methyl sites for hydroxylation is 1. The molecule has 1 aromatic heterocycles. The van der Waals surface area contributed by atoms with Crippen LogP contribution in [-0.2, 0) is 25.5 Å². The second kappa shape index (κ2) is 6.43. The Balaban J connectivity index is 2.25. The van der Waals surface area contributed by atoms with Crippen LogP contribution in [0.4, 0.5) is 4.39 Å². The van der Waals surface area contributed by atoms with E-state index in [-0.39, 0.29) is 17.9 Å². The van der Waals surface area contributed by atoms with Crippen molar-refractivity contribution >= 4 is 11.9 Å². The van der Waals surface area contributed by atoms with Crippen molar-refractivity contribution in [1.82, 2.24) is 10.3 Å². The SMILES string of the molecule is CCc1ccncc1[C@@H]1C(C(=O)OC)=C(CF)NC2=C1C(=O)OC2. The molecule has 0 aromatic carbocycles. The van der Waals surface area contributed by atoms with Gasteiger partial charge in [0.2, 0.25) is 0 Å². The highest BCUT2D eigenvalue weighted by Gasteiger charge is 2.43. The van der Waals surface area contributed by atoms with Crippen LogP contribution in [0.2, 0.25) is 0 Å². The molecular formula is C17H17FN2O4. The van der Waals surface area contributed by atoms with Crippen molar-refractivity contribution in [3.63, 3.8) is 0 Å². The number of alkyl halides is 1. The topological polar surface area (TPSA) is 77.5 Å². The van der Waals surface area contributed by atoms with Crippen LogP contribution in [0, 0.1) is 0 Å². The van der Waals surface area contributed by atoms with Crippen molar-refractivity contribution in [3.05, 3.63) is 52.1 Å². The largest absolute Gasteiger partial charge is 0.466 e. The Labute approximate surface area is 138 Å². The van der Waals surface area contributed by atoms with Gasteiger partial charge in [0.05, 0.1) is 35.6 Å². The van der Waals surface area contributed by atoms with E-state index in [2.05, 4.69) is 10.3 Å². The molecule has 2 aliphatic heterocycles. The van der Waals surface area contributed by atoms with E-state index in [1.165, 1.54) is 7.11 Å². The van der Waals surface area contributed by atoms with E-state index in [0.717, 1.165) is 5.56 Å². The molecule has 3 heterocycles.